The minimum Gasteiger partial charge on any atom is -0.497 e. The van der Waals surface area contributed by atoms with Gasteiger partial charge in [0, 0.05) is 52.7 Å². The summed E-state index contributed by atoms with van der Waals surface area (Å²) in [5, 5.41) is 12.6. The maximum Gasteiger partial charge on any atom is 0.573 e. The summed E-state index contributed by atoms with van der Waals surface area (Å²) < 4.78 is 68.0. The second kappa shape index (κ2) is 12.5. The summed E-state index contributed by atoms with van der Waals surface area (Å²) in [7, 11) is 2.86. The first-order valence-electron chi connectivity index (χ1n) is 12.8. The molecular weight excluding hydrogens is 544 g/mol. The molecule has 4 rings (SSSR count). The molecule has 0 saturated carbocycles. The number of nitrogens with one attached hydrogen (secondary N) is 2. The molecule has 41 heavy (non-hydrogen) atoms. The predicted molar refractivity (Wildman–Crippen MR) is 146 cm³/mol. The lowest BCUT2D eigenvalue weighted by Crippen LogP contribution is -2.22. The highest BCUT2D eigenvalue weighted by atomic mass is 19.4. The number of aliphatic hydroxyl groups excluding tert-OH is 1. The number of aryl methyl sites for hydroxylation is 2. The molecule has 0 saturated heterocycles. The monoisotopic (exact) mass is 574 g/mol. The van der Waals surface area contributed by atoms with E-state index in [1.807, 2.05) is 12.1 Å². The zero-order valence-corrected chi connectivity index (χ0v) is 22.7. The number of benzene rings is 3. The Balaban J connectivity index is 1.82. The van der Waals surface area contributed by atoms with Gasteiger partial charge in [-0.15, -0.1) is 13.2 Å². The average Bonchev–Trinajstić information content (AvgIpc) is 3.35. The van der Waals surface area contributed by atoms with Gasteiger partial charge in [-0.05, 0) is 73.7 Å². The Morgan fingerprint density at radius 3 is 2.49 bits per heavy atom. The molecule has 218 valence electrons. The number of carbonyl (C=O) groups excluding carboxylic acids is 1. The highest BCUT2D eigenvalue weighted by molar-refractivity contribution is 6.12. The van der Waals surface area contributed by atoms with Crippen molar-refractivity contribution in [1.82, 2.24) is 4.98 Å². The molecule has 1 aromatic heterocycles. The standard InChI is InChI=1S/C30H30F4N2O5/c1-17-10-22(41-30(32,33)34)15-24-25(16-35-27(17)24)29(38)28(23-8-7-19(31)13-26(23)40-3)36-20-11-18(6-4-5-9-37)12-21(14-20)39-2/h7-8,10-16,28,35-37H,4-6,9H2,1-3H3. The highest BCUT2D eigenvalue weighted by Crippen LogP contribution is 2.36. The first-order chi connectivity index (χ1) is 19.5. The van der Waals surface area contributed by atoms with Crippen LogP contribution in [0, 0.1) is 12.7 Å². The predicted octanol–water partition coefficient (Wildman–Crippen LogP) is 6.88. The molecule has 0 radical (unpaired) electrons. The van der Waals surface area contributed by atoms with Crippen LogP contribution < -0.4 is 19.5 Å². The van der Waals surface area contributed by atoms with Gasteiger partial charge in [-0.3, -0.25) is 4.79 Å². The van der Waals surface area contributed by atoms with Gasteiger partial charge in [0.1, 0.15) is 29.1 Å². The third-order valence-corrected chi connectivity index (χ3v) is 6.61. The van der Waals surface area contributed by atoms with Crippen LogP contribution in [0.2, 0.25) is 0 Å². The number of hydrogen-bond donors (Lipinski definition) is 3. The van der Waals surface area contributed by atoms with Gasteiger partial charge in [-0.25, -0.2) is 4.39 Å². The van der Waals surface area contributed by atoms with Gasteiger partial charge in [0.05, 0.1) is 14.2 Å². The van der Waals surface area contributed by atoms with Crippen molar-refractivity contribution in [1.29, 1.82) is 0 Å². The van der Waals surface area contributed by atoms with E-state index >= 15 is 0 Å². The van der Waals surface area contributed by atoms with Crippen molar-refractivity contribution in [3.63, 3.8) is 0 Å². The quantitative estimate of drug-likeness (QED) is 0.0971. The molecule has 1 unspecified atom stereocenters. The van der Waals surface area contributed by atoms with Crippen molar-refractivity contribution in [2.24, 2.45) is 0 Å². The Bertz CT molecular complexity index is 1530. The van der Waals surface area contributed by atoms with Crippen LogP contribution in [0.1, 0.15) is 45.9 Å². The Morgan fingerprint density at radius 1 is 1.02 bits per heavy atom. The first kappa shape index (κ1) is 29.7. The summed E-state index contributed by atoms with van der Waals surface area (Å²) >= 11 is 0. The van der Waals surface area contributed by atoms with Crippen molar-refractivity contribution in [3.05, 3.63) is 82.8 Å². The molecule has 0 aliphatic carbocycles. The zero-order valence-electron chi connectivity index (χ0n) is 22.7. The van der Waals surface area contributed by atoms with Crippen LogP contribution in [-0.4, -0.2) is 43.1 Å². The van der Waals surface area contributed by atoms with Gasteiger partial charge in [0.2, 0.25) is 0 Å². The lowest BCUT2D eigenvalue weighted by molar-refractivity contribution is -0.274. The highest BCUT2D eigenvalue weighted by Gasteiger charge is 2.32. The number of Topliss-reactive ketones (excluding diaryl/α,β-unsaturated/α-hetero) is 1. The Kier molecular flexibility index (Phi) is 9.07. The second-order valence-electron chi connectivity index (χ2n) is 9.49. The van der Waals surface area contributed by atoms with Gasteiger partial charge in [0.15, 0.2) is 5.78 Å². The molecule has 0 aliphatic heterocycles. The summed E-state index contributed by atoms with van der Waals surface area (Å²) in [5.74, 6) is -0.891. The number of alkyl halides is 3. The number of anilines is 1. The number of rotatable bonds is 12. The van der Waals surface area contributed by atoms with E-state index in [1.54, 1.807) is 13.0 Å². The van der Waals surface area contributed by atoms with E-state index in [4.69, 9.17) is 14.6 Å². The summed E-state index contributed by atoms with van der Waals surface area (Å²) in [6.07, 6.45) is -1.49. The lowest BCUT2D eigenvalue weighted by atomic mass is 9.95. The number of aliphatic hydroxyl groups is 1. The van der Waals surface area contributed by atoms with Crippen LogP contribution >= 0.6 is 0 Å². The molecule has 1 atom stereocenters. The SMILES string of the molecule is COc1cc(CCCCO)cc(NC(C(=O)c2c[nH]c3c(C)cc(OC(F)(F)F)cc23)c2ccc(F)cc2OC)c1. The van der Waals surface area contributed by atoms with Crippen LogP contribution in [0.15, 0.2) is 54.7 Å². The minimum atomic E-state index is -4.91. The van der Waals surface area contributed by atoms with E-state index in [1.165, 1.54) is 38.6 Å². The van der Waals surface area contributed by atoms with E-state index < -0.39 is 29.8 Å². The lowest BCUT2D eigenvalue weighted by Gasteiger charge is -2.22. The molecule has 0 aliphatic rings. The van der Waals surface area contributed by atoms with Crippen molar-refractivity contribution in [2.75, 3.05) is 26.1 Å². The van der Waals surface area contributed by atoms with Gasteiger partial charge in [0.25, 0.3) is 0 Å². The Morgan fingerprint density at radius 2 is 1.80 bits per heavy atom. The number of unbranched alkanes of at least 4 members (excludes halogenated alkanes) is 1. The van der Waals surface area contributed by atoms with Crippen molar-refractivity contribution in [2.45, 2.75) is 38.6 Å². The molecular formula is C30H30F4N2O5. The first-order valence-corrected chi connectivity index (χ1v) is 12.8. The van der Waals surface area contributed by atoms with E-state index in [9.17, 15) is 22.4 Å². The number of halogens is 4. The molecule has 0 bridgehead atoms. The zero-order chi connectivity index (χ0) is 29.7. The summed E-state index contributed by atoms with van der Waals surface area (Å²) in [5.41, 5.74) is 2.76. The molecule has 1 heterocycles. The fourth-order valence-corrected chi connectivity index (χ4v) is 4.75. The minimum absolute atomic E-state index is 0.0653. The van der Waals surface area contributed by atoms with Crippen LogP contribution in [0.5, 0.6) is 17.2 Å². The number of aromatic nitrogens is 1. The summed E-state index contributed by atoms with van der Waals surface area (Å²) in [6, 6.07) is 10.4. The average molecular weight is 575 g/mol. The van der Waals surface area contributed by atoms with Gasteiger partial charge >= 0.3 is 6.36 Å². The maximum atomic E-state index is 14.2. The summed E-state index contributed by atoms with van der Waals surface area (Å²) in [4.78, 5) is 17.2. The molecule has 0 spiro atoms. The van der Waals surface area contributed by atoms with Crippen molar-refractivity contribution < 1.29 is 41.7 Å². The Hall–Kier alpha value is -4.25. The smallest absolute Gasteiger partial charge is 0.497 e. The molecule has 7 nitrogen and oxygen atoms in total. The maximum absolute atomic E-state index is 14.2. The van der Waals surface area contributed by atoms with Crippen molar-refractivity contribution in [3.8, 4) is 17.2 Å². The second-order valence-corrected chi connectivity index (χ2v) is 9.49. The number of ether oxygens (including phenoxy) is 3. The number of fused-ring (bicyclic) bond motifs is 1. The van der Waals surface area contributed by atoms with E-state index in [2.05, 4.69) is 15.0 Å². The van der Waals surface area contributed by atoms with Crippen LogP contribution in [0.4, 0.5) is 23.2 Å². The van der Waals surface area contributed by atoms with Gasteiger partial charge in [-0.2, -0.15) is 0 Å². The molecule has 0 amide bonds. The van der Waals surface area contributed by atoms with Crippen LogP contribution in [-0.2, 0) is 6.42 Å². The fraction of sp³-hybridized carbons (Fsp3) is 0.300. The van der Waals surface area contributed by atoms with E-state index in [0.717, 1.165) is 24.1 Å². The molecule has 4 aromatic rings. The molecule has 0 fully saturated rings. The Labute approximate surface area is 234 Å². The van der Waals surface area contributed by atoms with E-state index in [0.29, 0.717) is 40.9 Å². The molecule has 3 N–H and O–H groups in total. The van der Waals surface area contributed by atoms with E-state index in [-0.39, 0.29) is 23.3 Å². The normalized spacial score (nSPS) is 12.3. The fourth-order valence-electron chi connectivity index (χ4n) is 4.75. The third kappa shape index (κ3) is 7.10. The number of methoxy groups -OCH3 is 2. The number of hydrogen-bond acceptors (Lipinski definition) is 6. The topological polar surface area (TPSA) is 92.8 Å². The summed E-state index contributed by atoms with van der Waals surface area (Å²) in [6.45, 7) is 1.67. The van der Waals surface area contributed by atoms with Crippen LogP contribution in [0.25, 0.3) is 10.9 Å². The number of H-pyrrole nitrogens is 1. The van der Waals surface area contributed by atoms with Crippen molar-refractivity contribution >= 4 is 22.4 Å². The number of aromatic amines is 1. The third-order valence-electron chi connectivity index (χ3n) is 6.61. The molecule has 3 aromatic carbocycles. The largest absolute Gasteiger partial charge is 0.573 e. The van der Waals surface area contributed by atoms with Crippen LogP contribution in [0.3, 0.4) is 0 Å². The van der Waals surface area contributed by atoms with Gasteiger partial charge in [-0.1, -0.05) is 0 Å². The van der Waals surface area contributed by atoms with Gasteiger partial charge < -0.3 is 29.6 Å². The number of ketones is 1. The molecule has 11 heteroatoms. The number of carbonyl (C=O) groups is 1.